The van der Waals surface area contributed by atoms with Crippen LogP contribution in [0.3, 0.4) is 0 Å². The van der Waals surface area contributed by atoms with Crippen molar-refractivity contribution in [1.82, 2.24) is 0 Å². The zero-order chi connectivity index (χ0) is 11.1. The maximum absolute atomic E-state index is 13.0. The molecule has 80 valence electrons. The van der Waals surface area contributed by atoms with Crippen LogP contribution in [0.25, 0.3) is 0 Å². The highest BCUT2D eigenvalue weighted by molar-refractivity contribution is 5.48. The van der Waals surface area contributed by atoms with Crippen LogP contribution in [-0.4, -0.2) is 19.2 Å². The van der Waals surface area contributed by atoms with Gasteiger partial charge in [0.15, 0.2) is 0 Å². The highest BCUT2D eigenvalue weighted by Gasteiger charge is 2.03. The Morgan fingerprint density at radius 3 is 2.29 bits per heavy atom. The predicted molar refractivity (Wildman–Crippen MR) is 58.0 cm³/mol. The van der Waals surface area contributed by atoms with Gasteiger partial charge in [-0.2, -0.15) is 0 Å². The summed E-state index contributed by atoms with van der Waals surface area (Å²) in [6.45, 7) is 3.95. The molecular formula is C11H18FNO. The van der Waals surface area contributed by atoms with Crippen molar-refractivity contribution < 1.29 is 9.50 Å². The van der Waals surface area contributed by atoms with Crippen LogP contribution in [0.2, 0.25) is 0 Å². The van der Waals surface area contributed by atoms with E-state index >= 15 is 0 Å². The largest absolute Gasteiger partial charge is 0.392 e. The van der Waals surface area contributed by atoms with Gasteiger partial charge in [-0.15, -0.1) is 0 Å². The zero-order valence-electron chi connectivity index (χ0n) is 9.21. The van der Waals surface area contributed by atoms with Crippen molar-refractivity contribution in [1.29, 1.82) is 0 Å². The van der Waals surface area contributed by atoms with Crippen molar-refractivity contribution in [3.05, 3.63) is 29.6 Å². The Morgan fingerprint density at radius 2 is 1.86 bits per heavy atom. The van der Waals surface area contributed by atoms with Crippen LogP contribution in [0.5, 0.6) is 0 Å². The Balaban J connectivity index is 0.000000791. The fourth-order valence-corrected chi connectivity index (χ4v) is 0.999. The third-order valence-corrected chi connectivity index (χ3v) is 1.67. The van der Waals surface area contributed by atoms with Crippen molar-refractivity contribution in [3.8, 4) is 0 Å². The van der Waals surface area contributed by atoms with Crippen molar-refractivity contribution in [2.75, 3.05) is 19.0 Å². The smallest absolute Gasteiger partial charge is 0.146 e. The molecular weight excluding hydrogens is 181 g/mol. The highest BCUT2D eigenvalue weighted by atomic mass is 19.1. The third-order valence-electron chi connectivity index (χ3n) is 1.67. The topological polar surface area (TPSA) is 23.5 Å². The molecule has 0 saturated carbocycles. The van der Waals surface area contributed by atoms with E-state index < -0.39 is 0 Å². The molecule has 1 aromatic rings. The molecule has 3 heteroatoms. The van der Waals surface area contributed by atoms with E-state index in [0.717, 1.165) is 5.56 Å². The number of hydrogen-bond donors (Lipinski definition) is 1. The first kappa shape index (κ1) is 12.9. The molecule has 0 radical (unpaired) electrons. The molecule has 0 unspecified atom stereocenters. The molecule has 1 aromatic carbocycles. The van der Waals surface area contributed by atoms with E-state index in [0.29, 0.717) is 5.69 Å². The van der Waals surface area contributed by atoms with Crippen molar-refractivity contribution in [3.63, 3.8) is 0 Å². The minimum absolute atomic E-state index is 0.0544. The summed E-state index contributed by atoms with van der Waals surface area (Å²) in [6.07, 6.45) is 0. The van der Waals surface area contributed by atoms with Crippen LogP contribution in [0.1, 0.15) is 19.4 Å². The van der Waals surface area contributed by atoms with Gasteiger partial charge >= 0.3 is 0 Å². The molecule has 0 fully saturated rings. The van der Waals surface area contributed by atoms with Gasteiger partial charge in [0.05, 0.1) is 12.3 Å². The molecule has 0 atom stereocenters. The standard InChI is InChI=1S/C9H12FNO.C2H6/c1-11(2)9-5-7(6-12)3-4-8(9)10;1-2/h3-5,12H,6H2,1-2H3;1-2H3. The normalized spacial score (nSPS) is 9.00. The Kier molecular flexibility index (Phi) is 5.88. The highest BCUT2D eigenvalue weighted by Crippen LogP contribution is 2.18. The molecule has 0 bridgehead atoms. The molecule has 0 saturated heterocycles. The Morgan fingerprint density at radius 1 is 1.29 bits per heavy atom. The molecule has 0 heterocycles. The van der Waals surface area contributed by atoms with Crippen LogP contribution in [0, 0.1) is 5.82 Å². The number of rotatable bonds is 2. The van der Waals surface area contributed by atoms with Gasteiger partial charge in [0, 0.05) is 14.1 Å². The number of anilines is 1. The lowest BCUT2D eigenvalue weighted by Crippen LogP contribution is -2.10. The number of nitrogens with zero attached hydrogens (tertiary/aromatic N) is 1. The van der Waals surface area contributed by atoms with Gasteiger partial charge in [0.2, 0.25) is 0 Å². The van der Waals surface area contributed by atoms with Gasteiger partial charge in [0.1, 0.15) is 5.82 Å². The maximum atomic E-state index is 13.0. The number of hydrogen-bond acceptors (Lipinski definition) is 2. The number of halogens is 1. The number of aliphatic hydroxyl groups excluding tert-OH is 1. The summed E-state index contributed by atoms with van der Waals surface area (Å²) in [5, 5.41) is 8.79. The van der Waals surface area contributed by atoms with Crippen LogP contribution in [-0.2, 0) is 6.61 Å². The summed E-state index contributed by atoms with van der Waals surface area (Å²) < 4.78 is 13.0. The van der Waals surface area contributed by atoms with Gasteiger partial charge in [-0.3, -0.25) is 0 Å². The summed E-state index contributed by atoms with van der Waals surface area (Å²) in [5.41, 5.74) is 1.22. The second kappa shape index (κ2) is 6.38. The Hall–Kier alpha value is -1.09. The van der Waals surface area contributed by atoms with Gasteiger partial charge in [-0.05, 0) is 17.7 Å². The predicted octanol–water partition coefficient (Wildman–Crippen LogP) is 2.41. The minimum Gasteiger partial charge on any atom is -0.392 e. The van der Waals surface area contributed by atoms with Crippen LogP contribution in [0.4, 0.5) is 10.1 Å². The molecule has 1 rings (SSSR count). The molecule has 0 aliphatic carbocycles. The first-order valence-corrected chi connectivity index (χ1v) is 4.71. The van der Waals surface area contributed by atoms with Gasteiger partial charge in [-0.25, -0.2) is 4.39 Å². The lowest BCUT2D eigenvalue weighted by atomic mass is 10.2. The summed E-state index contributed by atoms with van der Waals surface area (Å²) in [6, 6.07) is 4.57. The van der Waals surface area contributed by atoms with Gasteiger partial charge < -0.3 is 10.0 Å². The molecule has 0 aliphatic rings. The van der Waals surface area contributed by atoms with Crippen molar-refractivity contribution >= 4 is 5.69 Å². The second-order valence-electron chi connectivity index (χ2n) is 2.84. The van der Waals surface area contributed by atoms with Crippen molar-refractivity contribution in [2.45, 2.75) is 20.5 Å². The lowest BCUT2D eigenvalue weighted by Gasteiger charge is -2.13. The minimum atomic E-state index is -0.266. The summed E-state index contributed by atoms with van der Waals surface area (Å²) in [5.74, 6) is -0.266. The molecule has 0 aliphatic heterocycles. The average molecular weight is 199 g/mol. The molecule has 1 N–H and O–H groups in total. The van der Waals surface area contributed by atoms with Gasteiger partial charge in [-0.1, -0.05) is 19.9 Å². The fraction of sp³-hybridized carbons (Fsp3) is 0.455. The van der Waals surface area contributed by atoms with E-state index in [2.05, 4.69) is 0 Å². The van der Waals surface area contributed by atoms with E-state index in [9.17, 15) is 4.39 Å². The molecule has 0 spiro atoms. The second-order valence-corrected chi connectivity index (χ2v) is 2.84. The monoisotopic (exact) mass is 199 g/mol. The lowest BCUT2D eigenvalue weighted by molar-refractivity contribution is 0.281. The average Bonchev–Trinajstić information content (AvgIpc) is 2.21. The quantitative estimate of drug-likeness (QED) is 0.790. The van der Waals surface area contributed by atoms with Crippen LogP contribution >= 0.6 is 0 Å². The first-order chi connectivity index (χ1) is 6.65. The van der Waals surface area contributed by atoms with E-state index in [-0.39, 0.29) is 12.4 Å². The van der Waals surface area contributed by atoms with E-state index in [4.69, 9.17) is 5.11 Å². The zero-order valence-corrected chi connectivity index (χ0v) is 9.21. The van der Waals surface area contributed by atoms with E-state index in [1.54, 1.807) is 31.1 Å². The number of aliphatic hydroxyl groups is 1. The molecule has 14 heavy (non-hydrogen) atoms. The molecule has 0 amide bonds. The summed E-state index contributed by atoms with van der Waals surface area (Å²) in [7, 11) is 3.53. The molecule has 0 aromatic heterocycles. The SMILES string of the molecule is CC.CN(C)c1cc(CO)ccc1F. The first-order valence-electron chi connectivity index (χ1n) is 4.71. The Labute approximate surface area is 85.0 Å². The summed E-state index contributed by atoms with van der Waals surface area (Å²) >= 11 is 0. The fourth-order valence-electron chi connectivity index (χ4n) is 0.999. The summed E-state index contributed by atoms with van der Waals surface area (Å²) in [4.78, 5) is 1.68. The van der Waals surface area contributed by atoms with Crippen molar-refractivity contribution in [2.24, 2.45) is 0 Å². The van der Waals surface area contributed by atoms with Gasteiger partial charge in [0.25, 0.3) is 0 Å². The maximum Gasteiger partial charge on any atom is 0.146 e. The van der Waals surface area contributed by atoms with E-state index in [1.165, 1.54) is 6.07 Å². The Bertz CT molecular complexity index is 274. The van der Waals surface area contributed by atoms with Crippen LogP contribution < -0.4 is 4.90 Å². The third kappa shape index (κ3) is 3.34. The van der Waals surface area contributed by atoms with Crippen LogP contribution in [0.15, 0.2) is 18.2 Å². The number of benzene rings is 1. The molecule has 2 nitrogen and oxygen atoms in total. The van der Waals surface area contributed by atoms with E-state index in [1.807, 2.05) is 13.8 Å².